The molecule has 0 radical (unpaired) electrons. The predicted octanol–water partition coefficient (Wildman–Crippen LogP) is 3.86. The SMILES string of the molecule is CCc1ccc(CNC(=NC)NCCCC(=O)OC2CCCC2)s1.I. The van der Waals surface area contributed by atoms with Crippen LogP contribution < -0.4 is 10.6 Å². The maximum Gasteiger partial charge on any atom is 0.306 e. The smallest absolute Gasteiger partial charge is 0.306 e. The van der Waals surface area contributed by atoms with Crippen LogP contribution in [0, 0.1) is 0 Å². The summed E-state index contributed by atoms with van der Waals surface area (Å²) in [5.74, 6) is 0.697. The summed E-state index contributed by atoms with van der Waals surface area (Å²) in [5, 5.41) is 6.55. The van der Waals surface area contributed by atoms with E-state index < -0.39 is 0 Å². The van der Waals surface area contributed by atoms with E-state index in [0.717, 1.165) is 38.2 Å². The average molecular weight is 479 g/mol. The van der Waals surface area contributed by atoms with Gasteiger partial charge in [0.15, 0.2) is 5.96 Å². The maximum absolute atomic E-state index is 11.8. The fourth-order valence-electron chi connectivity index (χ4n) is 2.79. The van der Waals surface area contributed by atoms with E-state index in [2.05, 4.69) is 34.7 Å². The molecule has 25 heavy (non-hydrogen) atoms. The van der Waals surface area contributed by atoms with Crippen LogP contribution in [0.5, 0.6) is 0 Å². The number of thiophene rings is 1. The summed E-state index contributed by atoms with van der Waals surface area (Å²) in [6, 6.07) is 4.33. The van der Waals surface area contributed by atoms with Gasteiger partial charge in [-0.25, -0.2) is 0 Å². The lowest BCUT2D eigenvalue weighted by atomic mass is 10.3. The quantitative estimate of drug-likeness (QED) is 0.196. The van der Waals surface area contributed by atoms with Crippen LogP contribution in [0.3, 0.4) is 0 Å². The van der Waals surface area contributed by atoms with Gasteiger partial charge in [-0.05, 0) is 50.7 Å². The van der Waals surface area contributed by atoms with Crippen molar-refractivity contribution in [2.24, 2.45) is 4.99 Å². The molecule has 142 valence electrons. The second kappa shape index (κ2) is 12.5. The van der Waals surface area contributed by atoms with Gasteiger partial charge in [-0.1, -0.05) is 6.92 Å². The van der Waals surface area contributed by atoms with Gasteiger partial charge in [0, 0.05) is 29.8 Å². The first kappa shape index (κ1) is 22.2. The lowest BCUT2D eigenvalue weighted by Gasteiger charge is -2.12. The third-order valence-corrected chi connectivity index (χ3v) is 5.40. The Kier molecular flexibility index (Phi) is 11.1. The molecule has 2 rings (SSSR count). The van der Waals surface area contributed by atoms with Crippen LogP contribution in [-0.4, -0.2) is 31.6 Å². The van der Waals surface area contributed by atoms with Crippen molar-refractivity contribution >= 4 is 47.2 Å². The van der Waals surface area contributed by atoms with Crippen molar-refractivity contribution in [1.29, 1.82) is 0 Å². The van der Waals surface area contributed by atoms with E-state index >= 15 is 0 Å². The minimum Gasteiger partial charge on any atom is -0.462 e. The molecule has 5 nitrogen and oxygen atoms in total. The molecule has 0 atom stereocenters. The number of carbonyl (C=O) groups excluding carboxylic acids is 1. The molecule has 0 amide bonds. The monoisotopic (exact) mass is 479 g/mol. The van der Waals surface area contributed by atoms with E-state index in [1.807, 2.05) is 11.3 Å². The standard InChI is InChI=1S/C18H29N3O2S.HI/c1-3-15-10-11-16(24-15)13-21-18(19-2)20-12-6-9-17(22)23-14-7-4-5-8-14;/h10-11,14H,3-9,12-13H2,1-2H3,(H2,19,20,21);1H. The molecule has 0 aromatic carbocycles. The highest BCUT2D eigenvalue weighted by atomic mass is 127. The van der Waals surface area contributed by atoms with Crippen molar-refractivity contribution in [2.75, 3.05) is 13.6 Å². The van der Waals surface area contributed by atoms with E-state index in [1.165, 1.54) is 22.6 Å². The van der Waals surface area contributed by atoms with Crippen molar-refractivity contribution in [3.8, 4) is 0 Å². The minimum atomic E-state index is -0.0719. The minimum absolute atomic E-state index is 0. The van der Waals surface area contributed by atoms with Gasteiger partial charge in [0.2, 0.25) is 0 Å². The number of guanidine groups is 1. The Morgan fingerprint density at radius 1 is 1.28 bits per heavy atom. The first-order valence-corrected chi connectivity index (χ1v) is 9.74. The highest BCUT2D eigenvalue weighted by Crippen LogP contribution is 2.21. The fourth-order valence-corrected chi connectivity index (χ4v) is 3.69. The zero-order valence-corrected chi connectivity index (χ0v) is 18.3. The van der Waals surface area contributed by atoms with Gasteiger partial charge in [-0.15, -0.1) is 35.3 Å². The number of esters is 1. The summed E-state index contributed by atoms with van der Waals surface area (Å²) in [6.45, 7) is 3.65. The Morgan fingerprint density at radius 3 is 2.64 bits per heavy atom. The molecule has 0 unspecified atom stereocenters. The van der Waals surface area contributed by atoms with Gasteiger partial charge in [0.05, 0.1) is 6.54 Å². The highest BCUT2D eigenvalue weighted by molar-refractivity contribution is 14.0. The largest absolute Gasteiger partial charge is 0.462 e. The van der Waals surface area contributed by atoms with Crippen LogP contribution in [-0.2, 0) is 22.5 Å². The van der Waals surface area contributed by atoms with Crippen LogP contribution in [0.1, 0.15) is 55.2 Å². The van der Waals surface area contributed by atoms with Crippen molar-refractivity contribution in [1.82, 2.24) is 10.6 Å². The lowest BCUT2D eigenvalue weighted by Crippen LogP contribution is -2.37. The van der Waals surface area contributed by atoms with Crippen molar-refractivity contribution in [3.05, 3.63) is 21.9 Å². The normalized spacial score (nSPS) is 14.9. The number of rotatable bonds is 8. The molecule has 1 heterocycles. The molecule has 2 N–H and O–H groups in total. The summed E-state index contributed by atoms with van der Waals surface area (Å²) < 4.78 is 5.45. The molecule has 0 aliphatic heterocycles. The third kappa shape index (κ3) is 8.40. The van der Waals surface area contributed by atoms with Crippen molar-refractivity contribution < 1.29 is 9.53 Å². The third-order valence-electron chi connectivity index (χ3n) is 4.17. The van der Waals surface area contributed by atoms with E-state index in [-0.39, 0.29) is 36.0 Å². The summed E-state index contributed by atoms with van der Waals surface area (Å²) in [7, 11) is 1.76. The number of halogens is 1. The second-order valence-electron chi connectivity index (χ2n) is 6.07. The number of hydrogen-bond donors (Lipinski definition) is 2. The van der Waals surface area contributed by atoms with Gasteiger partial charge in [0.1, 0.15) is 6.10 Å². The number of hydrogen-bond acceptors (Lipinski definition) is 4. The second-order valence-corrected chi connectivity index (χ2v) is 7.33. The Hall–Kier alpha value is -0.830. The topological polar surface area (TPSA) is 62.7 Å². The zero-order valence-electron chi connectivity index (χ0n) is 15.2. The van der Waals surface area contributed by atoms with Crippen LogP contribution in [0.25, 0.3) is 0 Å². The highest BCUT2D eigenvalue weighted by Gasteiger charge is 2.18. The van der Waals surface area contributed by atoms with Crippen molar-refractivity contribution in [2.45, 2.75) is 64.5 Å². The first-order valence-electron chi connectivity index (χ1n) is 8.93. The number of aryl methyl sites for hydroxylation is 1. The summed E-state index contributed by atoms with van der Waals surface area (Å²) in [5.41, 5.74) is 0. The average Bonchev–Trinajstić information content (AvgIpc) is 3.25. The van der Waals surface area contributed by atoms with E-state index in [4.69, 9.17) is 4.74 Å². The number of ether oxygens (including phenoxy) is 1. The molecule has 0 saturated heterocycles. The lowest BCUT2D eigenvalue weighted by molar-refractivity contribution is -0.148. The number of aliphatic imine (C=N–C) groups is 1. The summed E-state index contributed by atoms with van der Waals surface area (Å²) in [4.78, 5) is 18.7. The van der Waals surface area contributed by atoms with Gasteiger partial charge in [0.25, 0.3) is 0 Å². The molecule has 7 heteroatoms. The van der Waals surface area contributed by atoms with E-state index in [0.29, 0.717) is 13.0 Å². The van der Waals surface area contributed by atoms with Crippen LogP contribution >= 0.6 is 35.3 Å². The maximum atomic E-state index is 11.8. The summed E-state index contributed by atoms with van der Waals surface area (Å²) >= 11 is 1.83. The van der Waals surface area contributed by atoms with Gasteiger partial charge >= 0.3 is 5.97 Å². The Bertz CT molecular complexity index is 542. The molecular weight excluding hydrogens is 449 g/mol. The predicted molar refractivity (Wildman–Crippen MR) is 115 cm³/mol. The fraction of sp³-hybridized carbons (Fsp3) is 0.667. The van der Waals surface area contributed by atoms with E-state index in [1.54, 1.807) is 7.05 Å². The molecule has 1 aliphatic rings. The zero-order chi connectivity index (χ0) is 17.2. The van der Waals surface area contributed by atoms with Gasteiger partial charge in [-0.3, -0.25) is 9.79 Å². The van der Waals surface area contributed by atoms with Gasteiger partial charge in [-0.2, -0.15) is 0 Å². The number of nitrogens with one attached hydrogen (secondary N) is 2. The van der Waals surface area contributed by atoms with Crippen LogP contribution in [0.4, 0.5) is 0 Å². The first-order chi connectivity index (χ1) is 11.7. The molecule has 0 spiro atoms. The van der Waals surface area contributed by atoms with Crippen LogP contribution in [0.15, 0.2) is 17.1 Å². The molecule has 0 bridgehead atoms. The molecule has 1 saturated carbocycles. The molecular formula is C18H30IN3O2S. The molecule has 1 aromatic rings. The Labute approximate surface area is 172 Å². The van der Waals surface area contributed by atoms with Gasteiger partial charge < -0.3 is 15.4 Å². The summed E-state index contributed by atoms with van der Waals surface area (Å²) in [6.07, 6.45) is 6.90. The Morgan fingerprint density at radius 2 is 2.00 bits per heavy atom. The number of nitrogens with zero attached hydrogens (tertiary/aromatic N) is 1. The molecule has 1 fully saturated rings. The van der Waals surface area contributed by atoms with E-state index in [9.17, 15) is 4.79 Å². The van der Waals surface area contributed by atoms with Crippen molar-refractivity contribution in [3.63, 3.8) is 0 Å². The van der Waals surface area contributed by atoms with Crippen LogP contribution in [0.2, 0.25) is 0 Å². The molecule has 1 aliphatic carbocycles. The molecule has 1 aromatic heterocycles. The number of carbonyl (C=O) groups is 1. The Balaban J connectivity index is 0.00000312.